The largest absolute Gasteiger partial charge is 0.375 e. The van der Waals surface area contributed by atoms with Gasteiger partial charge in [0.1, 0.15) is 10.9 Å². The Labute approximate surface area is 92.6 Å². The third-order valence-electron chi connectivity index (χ3n) is 2.39. The van der Waals surface area contributed by atoms with Gasteiger partial charge in [0.2, 0.25) is 0 Å². The molecule has 0 atom stereocenters. The second-order valence-corrected chi connectivity index (χ2v) is 4.63. The maximum Gasteiger partial charge on any atom is 0.181 e. The molecule has 15 heavy (non-hydrogen) atoms. The molecule has 0 saturated heterocycles. The highest BCUT2D eigenvalue weighted by molar-refractivity contribution is 7.16. The first-order valence-electron chi connectivity index (χ1n) is 4.75. The fourth-order valence-corrected chi connectivity index (χ4v) is 2.36. The Balaban J connectivity index is 2.37. The van der Waals surface area contributed by atoms with Gasteiger partial charge in [0.05, 0.1) is 5.69 Å². The first-order valence-corrected chi connectivity index (χ1v) is 5.56. The highest BCUT2D eigenvalue weighted by Crippen LogP contribution is 2.27. The van der Waals surface area contributed by atoms with Crippen LogP contribution in [0.1, 0.15) is 17.0 Å². The number of nitriles is 1. The van der Waals surface area contributed by atoms with Crippen molar-refractivity contribution in [2.24, 2.45) is 0 Å². The van der Waals surface area contributed by atoms with E-state index in [-0.39, 0.29) is 0 Å². The maximum absolute atomic E-state index is 8.95. The van der Waals surface area contributed by atoms with Crippen molar-refractivity contribution in [2.75, 3.05) is 25.9 Å². The Morgan fingerprint density at radius 2 is 2.47 bits per heavy atom. The molecule has 0 spiro atoms. The molecule has 1 aromatic heterocycles. The molecule has 5 heteroatoms. The fraction of sp³-hybridized carbons (Fsp3) is 0.400. The zero-order chi connectivity index (χ0) is 10.8. The molecule has 1 aliphatic rings. The second kappa shape index (κ2) is 4.01. The first-order chi connectivity index (χ1) is 7.20. The van der Waals surface area contributed by atoms with Gasteiger partial charge in [0, 0.05) is 13.1 Å². The van der Waals surface area contributed by atoms with Crippen LogP contribution in [0.15, 0.2) is 6.08 Å². The van der Waals surface area contributed by atoms with Crippen molar-refractivity contribution in [1.29, 1.82) is 5.26 Å². The second-order valence-electron chi connectivity index (χ2n) is 3.60. The van der Waals surface area contributed by atoms with Gasteiger partial charge >= 0.3 is 0 Å². The number of aromatic nitrogens is 1. The molecule has 0 unspecified atom stereocenters. The number of nitrogen functional groups attached to an aromatic ring is 1. The molecule has 4 nitrogen and oxygen atoms in total. The van der Waals surface area contributed by atoms with Crippen molar-refractivity contribution in [3.05, 3.63) is 16.6 Å². The zero-order valence-electron chi connectivity index (χ0n) is 8.53. The summed E-state index contributed by atoms with van der Waals surface area (Å²) in [6.45, 7) is 1.91. The van der Waals surface area contributed by atoms with Crippen LogP contribution in [0, 0.1) is 11.3 Å². The van der Waals surface area contributed by atoms with E-state index >= 15 is 0 Å². The monoisotopic (exact) mass is 220 g/mol. The fourth-order valence-electron chi connectivity index (χ4n) is 1.70. The van der Waals surface area contributed by atoms with E-state index in [1.54, 1.807) is 0 Å². The lowest BCUT2D eigenvalue weighted by atomic mass is 10.1. The van der Waals surface area contributed by atoms with E-state index < -0.39 is 0 Å². The Kier molecular flexibility index (Phi) is 2.71. The summed E-state index contributed by atoms with van der Waals surface area (Å²) in [5, 5.41) is 9.42. The minimum Gasteiger partial charge on any atom is -0.375 e. The summed E-state index contributed by atoms with van der Waals surface area (Å²) in [7, 11) is 2.06. The minimum absolute atomic E-state index is 0.468. The molecule has 2 heterocycles. The van der Waals surface area contributed by atoms with E-state index in [1.165, 1.54) is 11.3 Å². The van der Waals surface area contributed by atoms with Crippen LogP contribution in [0.2, 0.25) is 0 Å². The van der Waals surface area contributed by atoms with Gasteiger partial charge < -0.3 is 10.6 Å². The summed E-state index contributed by atoms with van der Waals surface area (Å²) in [6.07, 6.45) is 3.16. The van der Waals surface area contributed by atoms with Gasteiger partial charge in [-0.2, -0.15) is 5.26 Å². The number of likely N-dealkylation sites (N-methyl/N-ethyl adjacent to an activating group) is 1. The van der Waals surface area contributed by atoms with Crippen molar-refractivity contribution < 1.29 is 0 Å². The number of rotatable bonds is 1. The van der Waals surface area contributed by atoms with Crippen molar-refractivity contribution in [3.8, 4) is 6.07 Å². The van der Waals surface area contributed by atoms with Crippen molar-refractivity contribution >= 4 is 22.0 Å². The number of nitrogens with zero attached hydrogens (tertiary/aromatic N) is 3. The first kappa shape index (κ1) is 10.1. The Morgan fingerprint density at radius 3 is 3.13 bits per heavy atom. The summed E-state index contributed by atoms with van der Waals surface area (Å²) in [5.41, 5.74) is 7.50. The molecule has 0 amide bonds. The smallest absolute Gasteiger partial charge is 0.181 e. The molecule has 2 N–H and O–H groups in total. The molecular formula is C10H12N4S. The molecule has 1 aliphatic heterocycles. The number of anilines is 1. The van der Waals surface area contributed by atoms with E-state index in [1.807, 2.05) is 0 Å². The summed E-state index contributed by atoms with van der Waals surface area (Å²) in [6, 6.07) is 2.15. The number of hydrogen-bond acceptors (Lipinski definition) is 5. The van der Waals surface area contributed by atoms with Crippen LogP contribution in [-0.2, 0) is 0 Å². The van der Waals surface area contributed by atoms with Gasteiger partial charge in [-0.05, 0) is 19.0 Å². The lowest BCUT2D eigenvalue weighted by Gasteiger charge is -2.21. The highest BCUT2D eigenvalue weighted by Gasteiger charge is 2.17. The molecule has 0 aliphatic carbocycles. The van der Waals surface area contributed by atoms with Crippen LogP contribution in [-0.4, -0.2) is 30.0 Å². The molecule has 0 saturated carbocycles. The van der Waals surface area contributed by atoms with Crippen LogP contribution in [0.4, 0.5) is 5.13 Å². The molecule has 1 aromatic rings. The molecular weight excluding hydrogens is 208 g/mol. The Hall–Kier alpha value is -1.38. The van der Waals surface area contributed by atoms with Gasteiger partial charge in [0.15, 0.2) is 5.13 Å². The quantitative estimate of drug-likeness (QED) is 0.775. The van der Waals surface area contributed by atoms with E-state index in [2.05, 4.69) is 29.1 Å². The molecule has 0 fully saturated rings. The molecule has 0 radical (unpaired) electrons. The van der Waals surface area contributed by atoms with Gasteiger partial charge in [-0.1, -0.05) is 17.4 Å². The number of nitrogens with two attached hydrogens (primary N) is 1. The van der Waals surface area contributed by atoms with Crippen LogP contribution in [0.25, 0.3) is 5.57 Å². The SMILES string of the molecule is CN1CCC=C(c2nc(N)sc2C#N)C1. The van der Waals surface area contributed by atoms with Crippen molar-refractivity contribution in [2.45, 2.75) is 6.42 Å². The maximum atomic E-state index is 8.95. The van der Waals surface area contributed by atoms with Gasteiger partial charge in [-0.25, -0.2) is 4.98 Å². The lowest BCUT2D eigenvalue weighted by Crippen LogP contribution is -2.25. The van der Waals surface area contributed by atoms with Gasteiger partial charge in [-0.3, -0.25) is 0 Å². The number of thiazole rings is 1. The minimum atomic E-state index is 0.468. The highest BCUT2D eigenvalue weighted by atomic mass is 32.1. The standard InChI is InChI=1S/C10H12N4S/c1-14-4-2-3-7(6-14)9-8(5-11)15-10(12)13-9/h3H,2,4,6H2,1H3,(H2,12,13). The lowest BCUT2D eigenvalue weighted by molar-refractivity contribution is 0.372. The topological polar surface area (TPSA) is 65.9 Å². The predicted molar refractivity (Wildman–Crippen MR) is 61.3 cm³/mol. The third kappa shape index (κ3) is 2.01. The predicted octanol–water partition coefficient (Wildman–Crippen LogP) is 1.32. The van der Waals surface area contributed by atoms with Crippen LogP contribution in [0.5, 0.6) is 0 Å². The molecule has 2 rings (SSSR count). The average molecular weight is 220 g/mol. The molecule has 0 aromatic carbocycles. The van der Waals surface area contributed by atoms with Crippen LogP contribution < -0.4 is 5.73 Å². The van der Waals surface area contributed by atoms with E-state index in [0.29, 0.717) is 10.0 Å². The summed E-state index contributed by atoms with van der Waals surface area (Å²) < 4.78 is 0. The average Bonchev–Trinajstić information content (AvgIpc) is 2.59. The van der Waals surface area contributed by atoms with Crippen LogP contribution in [0.3, 0.4) is 0 Å². The van der Waals surface area contributed by atoms with Crippen molar-refractivity contribution in [1.82, 2.24) is 9.88 Å². The Bertz CT molecular complexity index is 441. The summed E-state index contributed by atoms with van der Waals surface area (Å²) in [4.78, 5) is 7.05. The summed E-state index contributed by atoms with van der Waals surface area (Å²) >= 11 is 1.26. The molecule has 0 bridgehead atoms. The van der Waals surface area contributed by atoms with Crippen molar-refractivity contribution in [3.63, 3.8) is 0 Å². The zero-order valence-corrected chi connectivity index (χ0v) is 9.34. The molecule has 78 valence electrons. The van der Waals surface area contributed by atoms with E-state index in [0.717, 1.165) is 30.8 Å². The van der Waals surface area contributed by atoms with Crippen LogP contribution >= 0.6 is 11.3 Å². The number of hydrogen-bond donors (Lipinski definition) is 1. The third-order valence-corrected chi connectivity index (χ3v) is 3.18. The van der Waals surface area contributed by atoms with E-state index in [4.69, 9.17) is 11.0 Å². The normalized spacial score (nSPS) is 17.2. The summed E-state index contributed by atoms with van der Waals surface area (Å²) in [5.74, 6) is 0. The van der Waals surface area contributed by atoms with Gasteiger partial charge in [-0.15, -0.1) is 0 Å². The van der Waals surface area contributed by atoms with Gasteiger partial charge in [0.25, 0.3) is 0 Å². The van der Waals surface area contributed by atoms with E-state index in [9.17, 15) is 0 Å². The Morgan fingerprint density at radius 1 is 1.67 bits per heavy atom.